The highest BCUT2D eigenvalue weighted by atomic mass is 16.5. The van der Waals surface area contributed by atoms with Crippen LogP contribution in [0.25, 0.3) is 11.3 Å². The molecule has 0 bridgehead atoms. The number of ether oxygens (including phenoxy) is 1. The van der Waals surface area contributed by atoms with E-state index in [-0.39, 0.29) is 18.0 Å². The van der Waals surface area contributed by atoms with Crippen molar-refractivity contribution in [2.24, 2.45) is 7.05 Å². The first-order valence-electron chi connectivity index (χ1n) is 10.6. The molecule has 31 heavy (non-hydrogen) atoms. The fourth-order valence-corrected chi connectivity index (χ4v) is 4.13. The van der Waals surface area contributed by atoms with Crippen molar-refractivity contribution in [3.05, 3.63) is 72.3 Å². The van der Waals surface area contributed by atoms with E-state index in [2.05, 4.69) is 32.8 Å². The number of likely N-dealkylation sites (tertiary alicyclic amines) is 1. The lowest BCUT2D eigenvalue weighted by molar-refractivity contribution is 0.159. The van der Waals surface area contributed by atoms with Crippen LogP contribution in [-0.4, -0.2) is 60.1 Å². The summed E-state index contributed by atoms with van der Waals surface area (Å²) in [6.07, 6.45) is 0. The zero-order valence-corrected chi connectivity index (χ0v) is 18.0. The average Bonchev–Trinajstić information content (AvgIpc) is 3.36. The molecule has 0 saturated carbocycles. The quantitative estimate of drug-likeness (QED) is 0.616. The number of carbonyl (C=O) groups is 1. The Labute approximate surface area is 183 Å². The normalized spacial score (nSPS) is 18.8. The maximum atomic E-state index is 12.9. The first-order valence-corrected chi connectivity index (χ1v) is 10.6. The lowest BCUT2D eigenvalue weighted by Gasteiger charge is -2.20. The molecule has 0 aliphatic carbocycles. The molecule has 2 atom stereocenters. The minimum absolute atomic E-state index is 0.0149. The van der Waals surface area contributed by atoms with E-state index < -0.39 is 0 Å². The van der Waals surface area contributed by atoms with Crippen LogP contribution in [0.2, 0.25) is 0 Å². The van der Waals surface area contributed by atoms with Gasteiger partial charge in [-0.3, -0.25) is 14.9 Å². The number of nitrogens with one attached hydrogen (secondary N) is 2. The maximum Gasteiger partial charge on any atom is 0.320 e. The Morgan fingerprint density at radius 1 is 1.10 bits per heavy atom. The van der Waals surface area contributed by atoms with Gasteiger partial charge in [0.25, 0.3) is 0 Å². The van der Waals surface area contributed by atoms with Crippen molar-refractivity contribution < 1.29 is 9.53 Å². The smallest absolute Gasteiger partial charge is 0.320 e. The van der Waals surface area contributed by atoms with E-state index in [9.17, 15) is 4.79 Å². The summed E-state index contributed by atoms with van der Waals surface area (Å²) < 4.78 is 6.93. The monoisotopic (exact) mass is 419 g/mol. The van der Waals surface area contributed by atoms with Crippen LogP contribution in [0.5, 0.6) is 0 Å². The van der Waals surface area contributed by atoms with E-state index >= 15 is 0 Å². The van der Waals surface area contributed by atoms with Gasteiger partial charge >= 0.3 is 6.03 Å². The third-order valence-electron chi connectivity index (χ3n) is 5.74. The fourth-order valence-electron chi connectivity index (χ4n) is 4.13. The lowest BCUT2D eigenvalue weighted by Crippen LogP contribution is -2.42. The van der Waals surface area contributed by atoms with Gasteiger partial charge in [0, 0.05) is 51.3 Å². The minimum atomic E-state index is -0.220. The van der Waals surface area contributed by atoms with Crippen LogP contribution in [-0.2, 0) is 11.8 Å². The zero-order valence-electron chi connectivity index (χ0n) is 18.0. The molecule has 1 aromatic heterocycles. The number of rotatable bonds is 7. The molecule has 162 valence electrons. The summed E-state index contributed by atoms with van der Waals surface area (Å²) >= 11 is 0. The summed E-state index contributed by atoms with van der Waals surface area (Å²) in [4.78, 5) is 15.2. The Balaban J connectivity index is 1.44. The van der Waals surface area contributed by atoms with Gasteiger partial charge in [0.15, 0.2) is 0 Å². The first kappa shape index (κ1) is 21.1. The van der Waals surface area contributed by atoms with Gasteiger partial charge in [-0.05, 0) is 5.56 Å². The highest BCUT2D eigenvalue weighted by Gasteiger charge is 2.34. The number of amides is 2. The molecule has 2 amide bonds. The number of hydrogen-bond donors (Lipinski definition) is 2. The number of urea groups is 1. The summed E-state index contributed by atoms with van der Waals surface area (Å²) in [5, 5.41) is 10.7. The SMILES string of the molecule is COCCN1CC(c2ccccc2)[C@H](NC(=O)Nc2cc(-c3ccccc3)nn2C)C1. The molecule has 7 nitrogen and oxygen atoms in total. The predicted octanol–water partition coefficient (Wildman–Crippen LogP) is 3.32. The molecule has 2 heterocycles. The molecule has 1 aliphatic rings. The van der Waals surface area contributed by atoms with Crippen LogP contribution in [0.3, 0.4) is 0 Å². The number of anilines is 1. The summed E-state index contributed by atoms with van der Waals surface area (Å²) in [6, 6.07) is 22.0. The molecule has 1 aliphatic heterocycles. The minimum Gasteiger partial charge on any atom is -0.383 e. The van der Waals surface area contributed by atoms with Crippen LogP contribution in [0.1, 0.15) is 11.5 Å². The van der Waals surface area contributed by atoms with E-state index in [1.807, 2.05) is 61.6 Å². The van der Waals surface area contributed by atoms with Gasteiger partial charge in [-0.25, -0.2) is 4.79 Å². The zero-order chi connectivity index (χ0) is 21.6. The predicted molar refractivity (Wildman–Crippen MR) is 122 cm³/mol. The molecule has 1 fully saturated rings. The van der Waals surface area contributed by atoms with E-state index in [1.54, 1.807) is 11.8 Å². The van der Waals surface area contributed by atoms with Gasteiger partial charge in [-0.1, -0.05) is 60.7 Å². The number of benzene rings is 2. The molecule has 1 saturated heterocycles. The standard InChI is InChI=1S/C24H29N5O2/c1-28-23(15-21(27-28)19-11-7-4-8-12-19)26-24(30)25-22-17-29(13-14-31-2)16-20(22)18-9-5-3-6-10-18/h3-12,15,20,22H,13-14,16-17H2,1-2H3,(H2,25,26,30)/t20?,22-/m1/s1. The van der Waals surface area contributed by atoms with Crippen molar-refractivity contribution in [1.29, 1.82) is 0 Å². The van der Waals surface area contributed by atoms with Crippen molar-refractivity contribution >= 4 is 11.8 Å². The van der Waals surface area contributed by atoms with E-state index in [1.165, 1.54) is 5.56 Å². The van der Waals surface area contributed by atoms with E-state index in [4.69, 9.17) is 4.74 Å². The van der Waals surface area contributed by atoms with E-state index in [0.717, 1.165) is 30.9 Å². The Hall–Kier alpha value is -3.16. The second-order valence-electron chi connectivity index (χ2n) is 7.88. The number of methoxy groups -OCH3 is 1. The van der Waals surface area contributed by atoms with Crippen LogP contribution in [0.15, 0.2) is 66.7 Å². The third kappa shape index (κ3) is 5.13. The molecule has 4 rings (SSSR count). The van der Waals surface area contributed by atoms with Crippen molar-refractivity contribution in [2.75, 3.05) is 38.7 Å². The van der Waals surface area contributed by atoms with Gasteiger partial charge in [0.1, 0.15) is 5.82 Å². The lowest BCUT2D eigenvalue weighted by atomic mass is 9.94. The number of aryl methyl sites for hydroxylation is 1. The second kappa shape index (κ2) is 9.76. The number of nitrogens with zero attached hydrogens (tertiary/aromatic N) is 3. The summed E-state index contributed by atoms with van der Waals surface area (Å²) in [5.74, 6) is 0.886. The van der Waals surface area contributed by atoms with Gasteiger partial charge in [-0.2, -0.15) is 5.10 Å². The van der Waals surface area contributed by atoms with Crippen LogP contribution in [0, 0.1) is 0 Å². The molecule has 0 radical (unpaired) electrons. The average molecular weight is 420 g/mol. The Morgan fingerprint density at radius 2 is 1.81 bits per heavy atom. The Kier molecular flexibility index (Phi) is 6.64. The fraction of sp³-hybridized carbons (Fsp3) is 0.333. The number of hydrogen-bond acceptors (Lipinski definition) is 4. The molecule has 3 aromatic rings. The topological polar surface area (TPSA) is 71.4 Å². The van der Waals surface area contributed by atoms with Gasteiger partial charge in [0.2, 0.25) is 0 Å². The van der Waals surface area contributed by atoms with Crippen molar-refractivity contribution in [3.8, 4) is 11.3 Å². The molecule has 7 heteroatoms. The molecule has 1 unspecified atom stereocenters. The van der Waals surface area contributed by atoms with Gasteiger partial charge < -0.3 is 10.1 Å². The van der Waals surface area contributed by atoms with E-state index in [0.29, 0.717) is 12.4 Å². The molecular formula is C24H29N5O2. The first-order chi connectivity index (χ1) is 15.1. The molecule has 0 spiro atoms. The van der Waals surface area contributed by atoms with Crippen molar-refractivity contribution in [3.63, 3.8) is 0 Å². The summed E-state index contributed by atoms with van der Waals surface area (Å²) in [5.41, 5.74) is 3.08. The largest absolute Gasteiger partial charge is 0.383 e. The Bertz CT molecular complexity index is 990. The number of carbonyl (C=O) groups excluding carboxylic acids is 1. The highest BCUT2D eigenvalue weighted by molar-refractivity contribution is 5.89. The maximum absolute atomic E-state index is 12.9. The molecular weight excluding hydrogens is 390 g/mol. The van der Waals surface area contributed by atoms with Crippen molar-refractivity contribution in [2.45, 2.75) is 12.0 Å². The molecule has 2 aromatic carbocycles. The van der Waals surface area contributed by atoms with Gasteiger partial charge in [-0.15, -0.1) is 0 Å². The van der Waals surface area contributed by atoms with Crippen molar-refractivity contribution in [1.82, 2.24) is 20.0 Å². The Morgan fingerprint density at radius 3 is 2.52 bits per heavy atom. The van der Waals surface area contributed by atoms with Gasteiger partial charge in [0.05, 0.1) is 18.3 Å². The van der Waals surface area contributed by atoms with Crippen LogP contribution >= 0.6 is 0 Å². The molecule has 2 N–H and O–H groups in total. The summed E-state index contributed by atoms with van der Waals surface area (Å²) in [7, 11) is 3.54. The second-order valence-corrected chi connectivity index (χ2v) is 7.88. The van der Waals surface area contributed by atoms with Crippen LogP contribution in [0.4, 0.5) is 10.6 Å². The van der Waals surface area contributed by atoms with Crippen LogP contribution < -0.4 is 10.6 Å². The third-order valence-corrected chi connectivity index (χ3v) is 5.74. The highest BCUT2D eigenvalue weighted by Crippen LogP contribution is 2.28. The number of aromatic nitrogens is 2. The summed E-state index contributed by atoms with van der Waals surface area (Å²) in [6.45, 7) is 3.21.